The first-order chi connectivity index (χ1) is 11.2. The van der Waals surface area contributed by atoms with E-state index in [2.05, 4.69) is 5.32 Å². The Kier molecular flexibility index (Phi) is 4.74. The third kappa shape index (κ3) is 3.60. The maximum absolute atomic E-state index is 12.0. The fraction of sp³-hybridized carbons (Fsp3) is 0.500. The quantitative estimate of drug-likeness (QED) is 0.898. The normalized spacial score (nSPS) is 17.0. The Balaban J connectivity index is 1.65. The van der Waals surface area contributed by atoms with Crippen molar-refractivity contribution in [1.82, 2.24) is 5.32 Å². The molecule has 5 heteroatoms. The van der Waals surface area contributed by atoms with E-state index in [9.17, 15) is 4.79 Å². The molecule has 23 heavy (non-hydrogen) atoms. The van der Waals surface area contributed by atoms with Gasteiger partial charge in [0.1, 0.15) is 5.76 Å². The highest BCUT2D eigenvalue weighted by molar-refractivity contribution is 5.83. The molecule has 0 spiro atoms. The number of nitrogens with one attached hydrogen (secondary N) is 1. The van der Waals surface area contributed by atoms with E-state index in [1.807, 2.05) is 31.2 Å². The number of furan rings is 1. The van der Waals surface area contributed by atoms with Crippen molar-refractivity contribution in [2.24, 2.45) is 0 Å². The summed E-state index contributed by atoms with van der Waals surface area (Å²) in [6, 6.07) is 7.81. The van der Waals surface area contributed by atoms with Gasteiger partial charge in [0.15, 0.2) is 17.4 Å². The number of alkyl carbamates (subject to hydrolysis) is 1. The summed E-state index contributed by atoms with van der Waals surface area (Å²) in [5, 5.41) is 3.88. The molecule has 1 saturated carbocycles. The van der Waals surface area contributed by atoms with Crippen molar-refractivity contribution < 1.29 is 18.7 Å². The molecule has 1 heterocycles. The van der Waals surface area contributed by atoms with Crippen molar-refractivity contribution >= 4 is 17.1 Å². The Morgan fingerprint density at radius 1 is 1.30 bits per heavy atom. The lowest BCUT2D eigenvalue weighted by molar-refractivity contribution is 0.0911. The molecule has 1 atom stereocenters. The summed E-state index contributed by atoms with van der Waals surface area (Å²) < 4.78 is 16.6. The average Bonchev–Trinajstić information content (AvgIpc) is 3.00. The summed E-state index contributed by atoms with van der Waals surface area (Å²) in [6.45, 7) is 1.81. The molecule has 0 aliphatic heterocycles. The van der Waals surface area contributed by atoms with Crippen molar-refractivity contribution in [2.45, 2.75) is 51.2 Å². The molecule has 1 fully saturated rings. The molecule has 3 rings (SSSR count). The van der Waals surface area contributed by atoms with Crippen molar-refractivity contribution in [3.63, 3.8) is 0 Å². The molecule has 1 aromatic heterocycles. The van der Waals surface area contributed by atoms with Crippen LogP contribution in [-0.4, -0.2) is 19.2 Å². The Labute approximate surface area is 135 Å². The lowest BCUT2D eigenvalue weighted by atomic mass is 9.96. The Morgan fingerprint density at radius 3 is 2.83 bits per heavy atom. The number of amides is 1. The van der Waals surface area contributed by atoms with Gasteiger partial charge >= 0.3 is 6.09 Å². The summed E-state index contributed by atoms with van der Waals surface area (Å²) in [5.41, 5.74) is 0.674. The van der Waals surface area contributed by atoms with Crippen LogP contribution >= 0.6 is 0 Å². The minimum absolute atomic E-state index is 0.235. The van der Waals surface area contributed by atoms with Gasteiger partial charge in [0.2, 0.25) is 0 Å². The van der Waals surface area contributed by atoms with Gasteiger partial charge in [0, 0.05) is 11.4 Å². The molecule has 1 N–H and O–H groups in total. The second-order valence-electron chi connectivity index (χ2n) is 6.05. The predicted molar refractivity (Wildman–Crippen MR) is 87.7 cm³/mol. The van der Waals surface area contributed by atoms with Crippen molar-refractivity contribution in [3.05, 3.63) is 30.0 Å². The second kappa shape index (κ2) is 6.94. The summed E-state index contributed by atoms with van der Waals surface area (Å²) in [4.78, 5) is 12.0. The smallest absolute Gasteiger partial charge is 0.408 e. The van der Waals surface area contributed by atoms with Crippen LogP contribution in [0.5, 0.6) is 5.75 Å². The van der Waals surface area contributed by atoms with E-state index in [1.54, 1.807) is 7.11 Å². The minimum atomic E-state index is -0.448. The highest BCUT2D eigenvalue weighted by Gasteiger charge is 2.21. The van der Waals surface area contributed by atoms with Crippen LogP contribution in [0.15, 0.2) is 28.7 Å². The first-order valence-electron chi connectivity index (χ1n) is 8.21. The minimum Gasteiger partial charge on any atom is -0.493 e. The standard InChI is InChI=1S/C18H23NO4/c1-12(22-18(20)19-14-8-4-3-5-9-14)16-11-13-7-6-10-15(21-2)17(13)23-16/h6-7,10-12,14H,3-5,8-9H2,1-2H3,(H,19,20)/t12-/m1/s1. The van der Waals surface area contributed by atoms with E-state index in [-0.39, 0.29) is 12.1 Å². The van der Waals surface area contributed by atoms with E-state index >= 15 is 0 Å². The number of methoxy groups -OCH3 is 1. The maximum Gasteiger partial charge on any atom is 0.408 e. The van der Waals surface area contributed by atoms with Crippen LogP contribution < -0.4 is 10.1 Å². The largest absolute Gasteiger partial charge is 0.493 e. The van der Waals surface area contributed by atoms with Crippen LogP contribution in [0.2, 0.25) is 0 Å². The molecule has 0 saturated heterocycles. The van der Waals surface area contributed by atoms with Crippen molar-refractivity contribution in [3.8, 4) is 5.75 Å². The molecule has 2 aromatic rings. The number of hydrogen-bond donors (Lipinski definition) is 1. The number of carbonyl (C=O) groups is 1. The maximum atomic E-state index is 12.0. The number of fused-ring (bicyclic) bond motifs is 1. The zero-order chi connectivity index (χ0) is 16.2. The molecule has 1 aromatic carbocycles. The Hall–Kier alpha value is -2.17. The van der Waals surface area contributed by atoms with E-state index in [4.69, 9.17) is 13.9 Å². The number of hydrogen-bond acceptors (Lipinski definition) is 4. The van der Waals surface area contributed by atoms with Gasteiger partial charge in [0.05, 0.1) is 7.11 Å². The highest BCUT2D eigenvalue weighted by Crippen LogP contribution is 2.32. The van der Waals surface area contributed by atoms with E-state index < -0.39 is 6.10 Å². The summed E-state index contributed by atoms with van der Waals surface area (Å²) in [5.74, 6) is 1.29. The predicted octanol–water partition coefficient (Wildman–Crippen LogP) is 4.56. The molecule has 1 aliphatic rings. The lowest BCUT2D eigenvalue weighted by Crippen LogP contribution is -2.36. The van der Waals surface area contributed by atoms with Crippen LogP contribution in [0.3, 0.4) is 0 Å². The van der Waals surface area contributed by atoms with Gasteiger partial charge in [-0.3, -0.25) is 0 Å². The summed E-state index contributed by atoms with van der Waals surface area (Å²) in [7, 11) is 1.61. The molecular weight excluding hydrogens is 294 g/mol. The molecule has 5 nitrogen and oxygen atoms in total. The fourth-order valence-electron chi connectivity index (χ4n) is 3.08. The van der Waals surface area contributed by atoms with E-state index in [1.165, 1.54) is 19.3 Å². The van der Waals surface area contributed by atoms with Gasteiger partial charge in [0.25, 0.3) is 0 Å². The second-order valence-corrected chi connectivity index (χ2v) is 6.05. The number of ether oxygens (including phenoxy) is 2. The van der Waals surface area contributed by atoms with Gasteiger partial charge in [-0.15, -0.1) is 0 Å². The fourth-order valence-corrected chi connectivity index (χ4v) is 3.08. The van der Waals surface area contributed by atoms with Crippen LogP contribution in [0.1, 0.15) is 50.9 Å². The van der Waals surface area contributed by atoms with Crippen LogP contribution in [-0.2, 0) is 4.74 Å². The molecule has 0 bridgehead atoms. The average molecular weight is 317 g/mol. The van der Waals surface area contributed by atoms with Gasteiger partial charge in [-0.25, -0.2) is 4.79 Å². The van der Waals surface area contributed by atoms with Gasteiger partial charge in [-0.2, -0.15) is 0 Å². The Bertz CT molecular complexity index is 673. The number of rotatable bonds is 4. The summed E-state index contributed by atoms with van der Waals surface area (Å²) >= 11 is 0. The zero-order valence-electron chi connectivity index (χ0n) is 13.6. The SMILES string of the molecule is COc1cccc2cc([C@@H](C)OC(=O)NC3CCCCC3)oc12. The lowest BCUT2D eigenvalue weighted by Gasteiger charge is -2.23. The highest BCUT2D eigenvalue weighted by atomic mass is 16.6. The molecule has 1 amide bonds. The monoisotopic (exact) mass is 317 g/mol. The van der Waals surface area contributed by atoms with Crippen molar-refractivity contribution in [2.75, 3.05) is 7.11 Å². The first-order valence-corrected chi connectivity index (χ1v) is 8.21. The van der Waals surface area contributed by atoms with Crippen LogP contribution in [0, 0.1) is 0 Å². The van der Waals surface area contributed by atoms with Crippen LogP contribution in [0.4, 0.5) is 4.79 Å². The van der Waals surface area contributed by atoms with E-state index in [0.29, 0.717) is 17.1 Å². The van der Waals surface area contributed by atoms with Gasteiger partial charge in [-0.1, -0.05) is 31.4 Å². The third-order valence-electron chi connectivity index (χ3n) is 4.36. The third-order valence-corrected chi connectivity index (χ3v) is 4.36. The number of benzene rings is 1. The molecular formula is C18H23NO4. The molecule has 0 radical (unpaired) electrons. The molecule has 0 unspecified atom stereocenters. The molecule has 1 aliphatic carbocycles. The molecule has 124 valence electrons. The van der Waals surface area contributed by atoms with E-state index in [0.717, 1.165) is 18.2 Å². The number of carbonyl (C=O) groups excluding carboxylic acids is 1. The van der Waals surface area contributed by atoms with Crippen LogP contribution in [0.25, 0.3) is 11.0 Å². The zero-order valence-corrected chi connectivity index (χ0v) is 13.6. The number of para-hydroxylation sites is 1. The Morgan fingerprint density at radius 2 is 2.09 bits per heavy atom. The van der Waals surface area contributed by atoms with Crippen molar-refractivity contribution in [1.29, 1.82) is 0 Å². The summed E-state index contributed by atoms with van der Waals surface area (Å²) in [6.07, 6.45) is 4.84. The van der Waals surface area contributed by atoms with Gasteiger partial charge < -0.3 is 19.2 Å². The topological polar surface area (TPSA) is 60.7 Å². The van der Waals surface area contributed by atoms with Gasteiger partial charge in [-0.05, 0) is 31.9 Å². The first kappa shape index (κ1) is 15.7.